The molecule has 0 atom stereocenters. The second kappa shape index (κ2) is 8.46. The van der Waals surface area contributed by atoms with Gasteiger partial charge in [-0.3, -0.25) is 4.79 Å². The van der Waals surface area contributed by atoms with Crippen molar-refractivity contribution in [3.8, 4) is 11.3 Å². The summed E-state index contributed by atoms with van der Waals surface area (Å²) in [5, 5.41) is 4.05. The first kappa shape index (κ1) is 20.6. The Bertz CT molecular complexity index is 984. The molecule has 0 radical (unpaired) electrons. The summed E-state index contributed by atoms with van der Waals surface area (Å²) in [6, 6.07) is 13.5. The summed E-state index contributed by atoms with van der Waals surface area (Å²) in [4.78, 5) is 17.5. The minimum Gasteiger partial charge on any atom is -0.361 e. The number of benzene rings is 1. The van der Waals surface area contributed by atoms with E-state index in [0.29, 0.717) is 25.1 Å². The van der Waals surface area contributed by atoms with Crippen molar-refractivity contribution in [3.63, 3.8) is 0 Å². The molecule has 0 saturated heterocycles. The van der Waals surface area contributed by atoms with E-state index in [4.69, 9.17) is 4.52 Å². The average molecular weight is 403 g/mol. The molecule has 8 heteroatoms. The van der Waals surface area contributed by atoms with Crippen LogP contribution in [-0.4, -0.2) is 34.5 Å². The number of carbonyl (C=O) groups is 1. The molecule has 29 heavy (non-hydrogen) atoms. The molecule has 5 nitrogen and oxygen atoms in total. The summed E-state index contributed by atoms with van der Waals surface area (Å²) in [5.74, 6) is 0.336. The van der Waals surface area contributed by atoms with Crippen molar-refractivity contribution in [2.75, 3.05) is 13.6 Å². The quantitative estimate of drug-likeness (QED) is 0.595. The number of nitrogens with zero attached hydrogens (tertiary/aromatic N) is 3. The van der Waals surface area contributed by atoms with Gasteiger partial charge in [0.05, 0.1) is 11.3 Å². The Kier molecular flexibility index (Phi) is 6.00. The highest BCUT2D eigenvalue weighted by Gasteiger charge is 2.33. The molecular formula is C21H20F3N3O2. The van der Waals surface area contributed by atoms with Gasteiger partial charge in [0.2, 0.25) is 0 Å². The van der Waals surface area contributed by atoms with Gasteiger partial charge in [0.1, 0.15) is 17.1 Å². The molecule has 0 aliphatic rings. The van der Waals surface area contributed by atoms with Crippen molar-refractivity contribution in [1.29, 1.82) is 0 Å². The largest absolute Gasteiger partial charge is 0.433 e. The number of hydrogen-bond donors (Lipinski definition) is 0. The first-order chi connectivity index (χ1) is 13.8. The molecule has 0 bridgehead atoms. The van der Waals surface area contributed by atoms with Crippen LogP contribution in [0, 0.1) is 6.92 Å². The lowest BCUT2D eigenvalue weighted by atomic mass is 10.1. The van der Waals surface area contributed by atoms with E-state index >= 15 is 0 Å². The maximum atomic E-state index is 12.7. The smallest absolute Gasteiger partial charge is 0.361 e. The standard InChI is InChI=1S/C21H20F3N3O2/c1-14-17(10-11-19(25-14)21(22,23)24)20(28)27(2)12-6-9-16-13-18(26-29-16)15-7-4-3-5-8-15/h3-5,7-8,10-11,13H,6,9,12H2,1-2H3. The lowest BCUT2D eigenvalue weighted by Crippen LogP contribution is -2.29. The third kappa shape index (κ3) is 5.01. The third-order valence-electron chi connectivity index (χ3n) is 4.50. The number of aryl methyl sites for hydroxylation is 2. The number of aromatic nitrogens is 2. The number of halogens is 3. The lowest BCUT2D eigenvalue weighted by Gasteiger charge is -2.18. The number of rotatable bonds is 6. The number of amides is 1. The van der Waals surface area contributed by atoms with E-state index in [2.05, 4.69) is 10.1 Å². The molecule has 152 valence electrons. The van der Waals surface area contributed by atoms with Crippen LogP contribution < -0.4 is 0 Å². The van der Waals surface area contributed by atoms with Gasteiger partial charge in [-0.2, -0.15) is 13.2 Å². The van der Waals surface area contributed by atoms with Gasteiger partial charge in [-0.25, -0.2) is 4.98 Å². The topological polar surface area (TPSA) is 59.2 Å². The van der Waals surface area contributed by atoms with Gasteiger partial charge in [-0.15, -0.1) is 0 Å². The zero-order valence-electron chi connectivity index (χ0n) is 16.0. The van der Waals surface area contributed by atoms with Crippen LogP contribution in [0.25, 0.3) is 11.3 Å². The average Bonchev–Trinajstić information content (AvgIpc) is 3.16. The van der Waals surface area contributed by atoms with Gasteiger partial charge in [-0.05, 0) is 25.5 Å². The molecule has 2 heterocycles. The molecule has 0 unspecified atom stereocenters. The van der Waals surface area contributed by atoms with E-state index in [1.165, 1.54) is 17.9 Å². The fourth-order valence-corrected chi connectivity index (χ4v) is 2.92. The fraction of sp³-hybridized carbons (Fsp3) is 0.286. The Hall–Kier alpha value is -3.16. The molecule has 0 aliphatic carbocycles. The number of pyridine rings is 1. The van der Waals surface area contributed by atoms with E-state index in [-0.39, 0.29) is 17.2 Å². The molecule has 0 spiro atoms. The zero-order chi connectivity index (χ0) is 21.0. The highest BCUT2D eigenvalue weighted by atomic mass is 19.4. The maximum absolute atomic E-state index is 12.7. The van der Waals surface area contributed by atoms with Crippen molar-refractivity contribution in [2.24, 2.45) is 0 Å². The number of carbonyl (C=O) groups excluding carboxylic acids is 1. The first-order valence-electron chi connectivity index (χ1n) is 9.07. The van der Waals surface area contributed by atoms with Crippen LogP contribution in [0.5, 0.6) is 0 Å². The van der Waals surface area contributed by atoms with Crippen LogP contribution in [0.2, 0.25) is 0 Å². The van der Waals surface area contributed by atoms with Gasteiger partial charge in [0.25, 0.3) is 5.91 Å². The van der Waals surface area contributed by atoms with Gasteiger partial charge >= 0.3 is 6.18 Å². The van der Waals surface area contributed by atoms with Crippen LogP contribution in [-0.2, 0) is 12.6 Å². The number of hydrogen-bond acceptors (Lipinski definition) is 4. The molecule has 3 rings (SSSR count). The second-order valence-electron chi connectivity index (χ2n) is 6.70. The lowest BCUT2D eigenvalue weighted by molar-refractivity contribution is -0.141. The van der Waals surface area contributed by atoms with E-state index in [1.54, 1.807) is 7.05 Å². The van der Waals surface area contributed by atoms with Crippen LogP contribution in [0.3, 0.4) is 0 Å². The van der Waals surface area contributed by atoms with Crippen LogP contribution in [0.4, 0.5) is 13.2 Å². The van der Waals surface area contributed by atoms with Crippen molar-refractivity contribution < 1.29 is 22.5 Å². The van der Waals surface area contributed by atoms with Gasteiger partial charge in [0.15, 0.2) is 0 Å². The molecule has 2 aromatic heterocycles. The predicted molar refractivity (Wildman–Crippen MR) is 101 cm³/mol. The van der Waals surface area contributed by atoms with E-state index in [9.17, 15) is 18.0 Å². The minimum atomic E-state index is -4.53. The predicted octanol–water partition coefficient (Wildman–Crippen LogP) is 4.77. The Morgan fingerprint density at radius 1 is 1.14 bits per heavy atom. The normalized spacial score (nSPS) is 11.5. The van der Waals surface area contributed by atoms with E-state index < -0.39 is 11.9 Å². The van der Waals surface area contributed by atoms with Crippen molar-refractivity contribution in [3.05, 3.63) is 71.2 Å². The Labute approximate surface area is 166 Å². The second-order valence-corrected chi connectivity index (χ2v) is 6.70. The highest BCUT2D eigenvalue weighted by Crippen LogP contribution is 2.28. The zero-order valence-corrected chi connectivity index (χ0v) is 16.0. The Morgan fingerprint density at radius 2 is 1.86 bits per heavy atom. The maximum Gasteiger partial charge on any atom is 0.433 e. The minimum absolute atomic E-state index is 0.0550. The highest BCUT2D eigenvalue weighted by molar-refractivity contribution is 5.95. The van der Waals surface area contributed by atoms with Crippen molar-refractivity contribution in [1.82, 2.24) is 15.0 Å². The summed E-state index contributed by atoms with van der Waals surface area (Å²) in [6.45, 7) is 1.82. The van der Waals surface area contributed by atoms with E-state index in [0.717, 1.165) is 17.3 Å². The molecule has 0 saturated carbocycles. The molecule has 1 amide bonds. The molecule has 3 aromatic rings. The summed E-state index contributed by atoms with van der Waals surface area (Å²) >= 11 is 0. The van der Waals surface area contributed by atoms with Gasteiger partial charge in [0, 0.05) is 31.6 Å². The molecule has 0 fully saturated rings. The van der Waals surface area contributed by atoms with Crippen molar-refractivity contribution >= 4 is 5.91 Å². The van der Waals surface area contributed by atoms with Gasteiger partial charge < -0.3 is 9.42 Å². The Morgan fingerprint density at radius 3 is 2.52 bits per heavy atom. The van der Waals surface area contributed by atoms with E-state index in [1.807, 2.05) is 36.4 Å². The number of alkyl halides is 3. The van der Waals surface area contributed by atoms with Crippen LogP contribution >= 0.6 is 0 Å². The first-order valence-corrected chi connectivity index (χ1v) is 9.07. The fourth-order valence-electron chi connectivity index (χ4n) is 2.92. The van der Waals surface area contributed by atoms with Crippen molar-refractivity contribution in [2.45, 2.75) is 25.9 Å². The molecule has 0 aliphatic heterocycles. The Balaban J connectivity index is 1.56. The summed E-state index contributed by atoms with van der Waals surface area (Å²) < 4.78 is 43.5. The molecule has 0 N–H and O–H groups in total. The summed E-state index contributed by atoms with van der Waals surface area (Å²) in [7, 11) is 1.61. The molecular weight excluding hydrogens is 383 g/mol. The van der Waals surface area contributed by atoms with Gasteiger partial charge in [-0.1, -0.05) is 35.5 Å². The SMILES string of the molecule is Cc1nc(C(F)(F)F)ccc1C(=O)N(C)CCCc1cc(-c2ccccc2)no1. The third-order valence-corrected chi connectivity index (χ3v) is 4.50. The molecule has 1 aromatic carbocycles. The van der Waals surface area contributed by atoms with Crippen LogP contribution in [0.15, 0.2) is 53.1 Å². The summed E-state index contributed by atoms with van der Waals surface area (Å²) in [6.07, 6.45) is -3.33. The van der Waals surface area contributed by atoms with Crippen LogP contribution in [0.1, 0.15) is 33.9 Å². The summed E-state index contributed by atoms with van der Waals surface area (Å²) in [5.41, 5.74) is 0.913. The monoisotopic (exact) mass is 403 g/mol.